The molecule has 0 radical (unpaired) electrons. The molecule has 0 amide bonds. The molecule has 4 nitrogen and oxygen atoms in total. The van der Waals surface area contributed by atoms with Crippen LogP contribution in [0, 0.1) is 17.1 Å². The van der Waals surface area contributed by atoms with E-state index in [1.54, 1.807) is 0 Å². The lowest BCUT2D eigenvalue weighted by molar-refractivity contribution is 0.328. The first kappa shape index (κ1) is 17.5. The largest absolute Gasteiger partial charge is 0.318 e. The Morgan fingerprint density at radius 2 is 2.00 bits per heavy atom. The third-order valence-corrected chi connectivity index (χ3v) is 6.65. The van der Waals surface area contributed by atoms with Crippen molar-refractivity contribution in [2.45, 2.75) is 24.1 Å². The summed E-state index contributed by atoms with van der Waals surface area (Å²) < 4.78 is 42.8. The van der Waals surface area contributed by atoms with Gasteiger partial charge in [0.2, 0.25) is 0 Å². The number of alkyl halides is 1. The maximum atomic E-state index is 13.9. The molecule has 1 aromatic carbocycles. The van der Waals surface area contributed by atoms with Crippen LogP contribution in [0.4, 0.5) is 8.78 Å². The molecule has 0 aliphatic rings. The Kier molecular flexibility index (Phi) is 5.07. The van der Waals surface area contributed by atoms with Crippen LogP contribution in [0.5, 0.6) is 0 Å². The van der Waals surface area contributed by atoms with Gasteiger partial charge in [0.05, 0.1) is 27.1 Å². The molecule has 0 saturated carbocycles. The van der Waals surface area contributed by atoms with Gasteiger partial charge in [-0.05, 0) is 19.9 Å². The zero-order valence-electron chi connectivity index (χ0n) is 12.3. The summed E-state index contributed by atoms with van der Waals surface area (Å²) in [6.07, 6.45) is 0. The normalized spacial score (nSPS) is 17.4. The van der Waals surface area contributed by atoms with Crippen LogP contribution in [0.15, 0.2) is 28.6 Å². The molecule has 0 aliphatic carbocycles. The average Bonchev–Trinajstić information content (AvgIpc) is 2.47. The van der Waals surface area contributed by atoms with Gasteiger partial charge in [-0.15, -0.1) is 0 Å². The van der Waals surface area contributed by atoms with Crippen molar-refractivity contribution in [2.24, 2.45) is 10.1 Å². The van der Waals surface area contributed by atoms with Gasteiger partial charge in [0.1, 0.15) is 17.2 Å². The van der Waals surface area contributed by atoms with E-state index in [1.807, 2.05) is 6.07 Å². The minimum atomic E-state index is -3.16. The Morgan fingerprint density at radius 3 is 2.43 bits per heavy atom. The molecule has 0 saturated heterocycles. The van der Waals surface area contributed by atoms with Gasteiger partial charge in [-0.3, -0.25) is 0 Å². The van der Waals surface area contributed by atoms with Crippen LogP contribution in [0.1, 0.15) is 19.4 Å². The summed E-state index contributed by atoms with van der Waals surface area (Å²) in [5.41, 5.74) is 4.10. The summed E-state index contributed by atoms with van der Waals surface area (Å²) >= 11 is 0. The Morgan fingerprint density at radius 1 is 1.43 bits per heavy atom. The molecule has 0 aliphatic heterocycles. The van der Waals surface area contributed by atoms with E-state index in [1.165, 1.54) is 39.1 Å². The number of halogens is 2. The van der Waals surface area contributed by atoms with Gasteiger partial charge in [-0.1, -0.05) is 18.2 Å². The highest BCUT2D eigenvalue weighted by Gasteiger charge is 2.41. The quantitative estimate of drug-likeness (QED) is 0.906. The fourth-order valence-electron chi connectivity index (χ4n) is 1.95. The number of nitrogens with two attached hydrogens (primary N) is 1. The molecule has 2 N–H and O–H groups in total. The Balaban J connectivity index is 3.40. The zero-order chi connectivity index (χ0) is 16.3. The third kappa shape index (κ3) is 3.22. The first-order valence-electron chi connectivity index (χ1n) is 6.29. The Hall–Kier alpha value is -1.52. The molecule has 116 valence electrons. The van der Waals surface area contributed by atoms with E-state index in [0.29, 0.717) is 0 Å². The topological polar surface area (TPSA) is 79.2 Å². The van der Waals surface area contributed by atoms with Crippen LogP contribution in [0.25, 0.3) is 0 Å². The summed E-state index contributed by atoms with van der Waals surface area (Å²) in [5.74, 6) is -1.11. The highest BCUT2D eigenvalue weighted by Crippen LogP contribution is 2.29. The zero-order valence-corrected chi connectivity index (χ0v) is 13.1. The number of benzene rings is 1. The van der Waals surface area contributed by atoms with Crippen molar-refractivity contribution >= 4 is 9.73 Å². The van der Waals surface area contributed by atoms with E-state index >= 15 is 0 Å². The van der Waals surface area contributed by atoms with Crippen molar-refractivity contribution in [3.05, 3.63) is 35.6 Å². The molecule has 2 atom stereocenters. The first-order chi connectivity index (χ1) is 9.65. The minimum Gasteiger partial charge on any atom is -0.318 e. The van der Waals surface area contributed by atoms with Gasteiger partial charge in [0.25, 0.3) is 0 Å². The fraction of sp³-hybridized carbons (Fsp3) is 0.500. The molecule has 0 bridgehead atoms. The number of nitriles is 1. The van der Waals surface area contributed by atoms with Gasteiger partial charge in [0.15, 0.2) is 0 Å². The van der Waals surface area contributed by atoms with Crippen LogP contribution < -0.4 is 5.73 Å². The number of nitrogens with zero attached hydrogens (tertiary/aromatic N) is 2. The molecule has 0 aromatic heterocycles. The average molecular weight is 315 g/mol. The molecular formula is C14H19F2N3OS. The van der Waals surface area contributed by atoms with E-state index in [0.717, 1.165) is 6.07 Å². The summed E-state index contributed by atoms with van der Waals surface area (Å²) in [7, 11) is -1.86. The Labute approximate surface area is 124 Å². The molecule has 0 spiro atoms. The lowest BCUT2D eigenvalue weighted by Gasteiger charge is -2.32. The number of rotatable bonds is 5. The van der Waals surface area contributed by atoms with Crippen molar-refractivity contribution in [1.82, 2.24) is 0 Å². The maximum Gasteiger partial charge on any atom is 0.135 e. The van der Waals surface area contributed by atoms with Crippen LogP contribution in [0.3, 0.4) is 0 Å². The molecule has 2 unspecified atom stereocenters. The van der Waals surface area contributed by atoms with Gasteiger partial charge in [-0.2, -0.15) is 5.26 Å². The number of hydrogen-bond donors (Lipinski definition) is 1. The lowest BCUT2D eigenvalue weighted by atomic mass is 9.94. The van der Waals surface area contributed by atoms with Crippen LogP contribution in [-0.4, -0.2) is 28.4 Å². The minimum absolute atomic E-state index is 0.0717. The molecule has 1 rings (SSSR count). The standard InChI is InChI=1S/C14H19F2N3OS/c1-13(2,9-17)21(20,19-3)10-14(18,8-15)11-6-4-5-7-12(11)16/h4-7H,8,10,18H2,1-3H3. The highest BCUT2D eigenvalue weighted by atomic mass is 32.2. The van der Waals surface area contributed by atoms with Crippen molar-refractivity contribution in [3.63, 3.8) is 0 Å². The van der Waals surface area contributed by atoms with Gasteiger partial charge < -0.3 is 5.73 Å². The predicted octanol–water partition coefficient (Wildman–Crippen LogP) is 2.35. The summed E-state index contributed by atoms with van der Waals surface area (Å²) in [4.78, 5) is 0. The van der Waals surface area contributed by atoms with E-state index in [9.17, 15) is 13.0 Å². The molecule has 1 aromatic rings. The summed E-state index contributed by atoms with van der Waals surface area (Å²) in [5, 5.41) is 9.16. The van der Waals surface area contributed by atoms with Crippen molar-refractivity contribution < 1.29 is 13.0 Å². The predicted molar refractivity (Wildman–Crippen MR) is 79.3 cm³/mol. The Bertz CT molecular complexity index is 675. The molecule has 7 heteroatoms. The second-order valence-electron chi connectivity index (χ2n) is 5.36. The molecule has 21 heavy (non-hydrogen) atoms. The van der Waals surface area contributed by atoms with Gasteiger partial charge in [0, 0.05) is 12.6 Å². The van der Waals surface area contributed by atoms with Crippen LogP contribution in [0.2, 0.25) is 0 Å². The van der Waals surface area contributed by atoms with Gasteiger partial charge in [-0.25, -0.2) is 17.4 Å². The molecular weight excluding hydrogens is 296 g/mol. The van der Waals surface area contributed by atoms with Gasteiger partial charge >= 0.3 is 0 Å². The second-order valence-corrected chi connectivity index (χ2v) is 8.31. The number of hydrogen-bond acceptors (Lipinski definition) is 4. The van der Waals surface area contributed by atoms with E-state index in [4.69, 9.17) is 11.0 Å². The fourth-order valence-corrected chi connectivity index (χ4v) is 3.97. The maximum absolute atomic E-state index is 13.9. The third-order valence-electron chi connectivity index (χ3n) is 3.46. The monoisotopic (exact) mass is 315 g/mol. The first-order valence-corrected chi connectivity index (χ1v) is 7.98. The van der Waals surface area contributed by atoms with E-state index < -0.39 is 38.3 Å². The highest BCUT2D eigenvalue weighted by molar-refractivity contribution is 7.95. The summed E-state index contributed by atoms with van der Waals surface area (Å²) in [6.45, 7) is 1.78. The van der Waals surface area contributed by atoms with Crippen molar-refractivity contribution in [3.8, 4) is 6.07 Å². The van der Waals surface area contributed by atoms with E-state index in [-0.39, 0.29) is 5.56 Å². The second kappa shape index (κ2) is 6.08. The van der Waals surface area contributed by atoms with E-state index in [2.05, 4.69) is 4.36 Å². The van der Waals surface area contributed by atoms with Crippen LogP contribution >= 0.6 is 0 Å². The SMILES string of the molecule is CN=S(=O)(CC(N)(CF)c1ccccc1F)C(C)(C)C#N. The van der Waals surface area contributed by atoms with Crippen LogP contribution in [-0.2, 0) is 15.3 Å². The van der Waals surface area contributed by atoms with Crippen molar-refractivity contribution in [2.75, 3.05) is 19.5 Å². The lowest BCUT2D eigenvalue weighted by Crippen LogP contribution is -2.49. The summed E-state index contributed by atoms with van der Waals surface area (Å²) in [6, 6.07) is 7.40. The molecule has 0 heterocycles. The van der Waals surface area contributed by atoms with Crippen molar-refractivity contribution in [1.29, 1.82) is 5.26 Å². The molecule has 0 fully saturated rings. The smallest absolute Gasteiger partial charge is 0.135 e.